The number of hydrogen-bond acceptors (Lipinski definition) is 8. The number of benzene rings is 1. The maximum absolute atomic E-state index is 12.9. The summed E-state index contributed by atoms with van der Waals surface area (Å²) >= 11 is 0. The smallest absolute Gasteiger partial charge is 0.262 e. The lowest BCUT2D eigenvalue weighted by atomic mass is 10.0. The van der Waals surface area contributed by atoms with Crippen LogP contribution in [0.15, 0.2) is 30.5 Å². The minimum Gasteiger partial charge on any atom is -0.350 e. The molecule has 0 saturated carbocycles. The van der Waals surface area contributed by atoms with Crippen molar-refractivity contribution in [2.75, 3.05) is 18.4 Å². The molecule has 0 bridgehead atoms. The van der Waals surface area contributed by atoms with Crippen LogP contribution in [-0.2, 0) is 16.1 Å². The van der Waals surface area contributed by atoms with Gasteiger partial charge in [0.2, 0.25) is 17.8 Å². The Balaban J connectivity index is 1.30. The first kappa shape index (κ1) is 20.3. The molecule has 0 aliphatic carbocycles. The zero-order valence-corrected chi connectivity index (χ0v) is 17.3. The molecular weight excluding hydrogens is 412 g/mol. The van der Waals surface area contributed by atoms with Gasteiger partial charge in [0.15, 0.2) is 0 Å². The van der Waals surface area contributed by atoms with E-state index >= 15 is 0 Å². The molecule has 5 rings (SSSR count). The molecule has 3 N–H and O–H groups in total. The van der Waals surface area contributed by atoms with Crippen molar-refractivity contribution < 1.29 is 19.2 Å². The van der Waals surface area contributed by atoms with Crippen LogP contribution in [0.5, 0.6) is 0 Å². The Labute approximate surface area is 183 Å². The number of carbonyl (C=O) groups is 4. The molecule has 1 aromatic heterocycles. The Morgan fingerprint density at radius 1 is 1.06 bits per heavy atom. The average Bonchev–Trinajstić information content (AvgIpc) is 3.41. The van der Waals surface area contributed by atoms with E-state index in [0.29, 0.717) is 18.4 Å². The number of carbonyl (C=O) groups excluding carboxylic acids is 4. The van der Waals surface area contributed by atoms with Gasteiger partial charge in [-0.25, -0.2) is 9.97 Å². The summed E-state index contributed by atoms with van der Waals surface area (Å²) in [5.74, 6) is -1.17. The number of piperidine rings is 1. The largest absolute Gasteiger partial charge is 0.350 e. The number of rotatable bonds is 5. The van der Waals surface area contributed by atoms with Crippen molar-refractivity contribution in [2.45, 2.75) is 37.8 Å². The summed E-state index contributed by atoms with van der Waals surface area (Å²) in [6.45, 7) is 2.26. The highest BCUT2D eigenvalue weighted by molar-refractivity contribution is 6.23. The van der Waals surface area contributed by atoms with Crippen molar-refractivity contribution in [1.29, 1.82) is 0 Å². The minimum atomic E-state index is -0.970. The molecular formula is C22H22N6O4. The number of hydrogen-bond donors (Lipinski definition) is 3. The Hall–Kier alpha value is -3.66. The molecule has 2 aromatic rings. The quantitative estimate of drug-likeness (QED) is 0.582. The van der Waals surface area contributed by atoms with Crippen LogP contribution in [0.25, 0.3) is 0 Å². The summed E-state index contributed by atoms with van der Waals surface area (Å²) in [4.78, 5) is 59.1. The van der Waals surface area contributed by atoms with E-state index in [0.717, 1.165) is 35.7 Å². The van der Waals surface area contributed by atoms with Crippen LogP contribution in [0.2, 0.25) is 0 Å². The Bertz CT molecular complexity index is 1130. The molecule has 4 heterocycles. The van der Waals surface area contributed by atoms with Gasteiger partial charge in [0.1, 0.15) is 6.04 Å². The summed E-state index contributed by atoms with van der Waals surface area (Å²) in [7, 11) is 0. The molecule has 32 heavy (non-hydrogen) atoms. The molecule has 164 valence electrons. The molecule has 10 heteroatoms. The molecule has 2 saturated heterocycles. The van der Waals surface area contributed by atoms with Crippen molar-refractivity contribution in [3.63, 3.8) is 0 Å². The van der Waals surface area contributed by atoms with Crippen LogP contribution in [-0.4, -0.2) is 57.6 Å². The highest BCUT2D eigenvalue weighted by Gasteiger charge is 2.44. The molecule has 2 unspecified atom stereocenters. The third-order valence-corrected chi connectivity index (χ3v) is 6.11. The van der Waals surface area contributed by atoms with Gasteiger partial charge in [-0.3, -0.25) is 29.4 Å². The number of nitrogens with one attached hydrogen (secondary N) is 3. The Kier molecular flexibility index (Phi) is 5.14. The van der Waals surface area contributed by atoms with E-state index in [1.54, 1.807) is 24.4 Å². The van der Waals surface area contributed by atoms with E-state index in [1.807, 2.05) is 6.07 Å². The summed E-state index contributed by atoms with van der Waals surface area (Å²) < 4.78 is 0. The van der Waals surface area contributed by atoms with Crippen molar-refractivity contribution in [3.8, 4) is 0 Å². The second-order valence-electron chi connectivity index (χ2n) is 8.18. The SMILES string of the molecule is O=C1CCC(N2C(=O)c3ccc(CNc4nccc(C5CCNC5)n4)cc3C2=O)C(=O)N1. The van der Waals surface area contributed by atoms with E-state index in [1.165, 1.54) is 0 Å². The van der Waals surface area contributed by atoms with E-state index in [2.05, 4.69) is 25.9 Å². The fourth-order valence-electron chi connectivity index (χ4n) is 4.40. The van der Waals surface area contributed by atoms with Gasteiger partial charge in [-0.15, -0.1) is 0 Å². The molecule has 1 aromatic carbocycles. The van der Waals surface area contributed by atoms with E-state index < -0.39 is 29.7 Å². The molecule has 3 aliphatic heterocycles. The average molecular weight is 434 g/mol. The van der Waals surface area contributed by atoms with Crippen LogP contribution in [0.1, 0.15) is 57.2 Å². The van der Waals surface area contributed by atoms with Gasteiger partial charge in [0.05, 0.1) is 16.8 Å². The van der Waals surface area contributed by atoms with Crippen LogP contribution in [0.4, 0.5) is 5.95 Å². The third kappa shape index (κ3) is 3.62. The summed E-state index contributed by atoms with van der Waals surface area (Å²) in [6.07, 6.45) is 3.00. The van der Waals surface area contributed by atoms with Gasteiger partial charge < -0.3 is 10.6 Å². The number of nitrogens with zero attached hydrogens (tertiary/aromatic N) is 3. The lowest BCUT2D eigenvalue weighted by molar-refractivity contribution is -0.136. The second kappa shape index (κ2) is 8.12. The van der Waals surface area contributed by atoms with Gasteiger partial charge in [-0.05, 0) is 43.1 Å². The Morgan fingerprint density at radius 2 is 1.91 bits per heavy atom. The van der Waals surface area contributed by atoms with Crippen molar-refractivity contribution >= 4 is 29.6 Å². The molecule has 3 aliphatic rings. The zero-order valence-electron chi connectivity index (χ0n) is 17.3. The predicted octanol–water partition coefficient (Wildman–Crippen LogP) is 0.567. The van der Waals surface area contributed by atoms with Crippen LogP contribution in [0, 0.1) is 0 Å². The standard InChI is InChI=1S/C22H22N6O4/c29-18-4-3-17(19(30)27-18)28-20(31)14-2-1-12(9-15(14)21(28)32)10-25-22-24-8-6-16(26-22)13-5-7-23-11-13/h1-2,6,8-9,13,17,23H,3-5,7,10-11H2,(H,24,25,26)(H,27,29,30). The fraction of sp³-hybridized carbons (Fsp3) is 0.364. The topological polar surface area (TPSA) is 133 Å². The van der Waals surface area contributed by atoms with E-state index in [4.69, 9.17) is 0 Å². The lowest BCUT2D eigenvalue weighted by Crippen LogP contribution is -2.54. The first-order valence-corrected chi connectivity index (χ1v) is 10.6. The first-order chi connectivity index (χ1) is 15.5. The van der Waals surface area contributed by atoms with Crippen LogP contribution in [0.3, 0.4) is 0 Å². The monoisotopic (exact) mass is 434 g/mol. The maximum Gasteiger partial charge on any atom is 0.262 e. The molecule has 2 fully saturated rings. The Morgan fingerprint density at radius 3 is 2.69 bits per heavy atom. The predicted molar refractivity (Wildman–Crippen MR) is 113 cm³/mol. The fourth-order valence-corrected chi connectivity index (χ4v) is 4.40. The molecule has 10 nitrogen and oxygen atoms in total. The molecule has 0 spiro atoms. The summed E-state index contributed by atoms with van der Waals surface area (Å²) in [5, 5.41) is 8.70. The van der Waals surface area contributed by atoms with Gasteiger partial charge in [0, 0.05) is 31.6 Å². The summed E-state index contributed by atoms with van der Waals surface area (Å²) in [6, 6.07) is 5.96. The van der Waals surface area contributed by atoms with E-state index in [-0.39, 0.29) is 24.0 Å². The number of fused-ring (bicyclic) bond motifs is 1. The normalized spacial score (nSPS) is 22.8. The van der Waals surface area contributed by atoms with Crippen molar-refractivity contribution in [2.24, 2.45) is 0 Å². The molecule has 4 amide bonds. The van der Waals surface area contributed by atoms with Gasteiger partial charge in [-0.2, -0.15) is 0 Å². The maximum atomic E-state index is 12.9. The van der Waals surface area contributed by atoms with Gasteiger partial charge in [0.25, 0.3) is 11.8 Å². The minimum absolute atomic E-state index is 0.0922. The first-order valence-electron chi connectivity index (χ1n) is 10.6. The highest BCUT2D eigenvalue weighted by atomic mass is 16.2. The number of aromatic nitrogens is 2. The van der Waals surface area contributed by atoms with Gasteiger partial charge >= 0.3 is 0 Å². The summed E-state index contributed by atoms with van der Waals surface area (Å²) in [5.41, 5.74) is 2.29. The van der Waals surface area contributed by atoms with E-state index in [9.17, 15) is 19.2 Å². The highest BCUT2D eigenvalue weighted by Crippen LogP contribution is 2.28. The number of anilines is 1. The third-order valence-electron chi connectivity index (χ3n) is 6.11. The van der Waals surface area contributed by atoms with Crippen LogP contribution >= 0.6 is 0 Å². The van der Waals surface area contributed by atoms with Crippen molar-refractivity contribution in [3.05, 3.63) is 52.8 Å². The number of amides is 4. The second-order valence-corrected chi connectivity index (χ2v) is 8.18. The van der Waals surface area contributed by atoms with Crippen LogP contribution < -0.4 is 16.0 Å². The zero-order chi connectivity index (χ0) is 22.2. The molecule has 2 atom stereocenters. The van der Waals surface area contributed by atoms with Gasteiger partial charge in [-0.1, -0.05) is 6.07 Å². The molecule has 0 radical (unpaired) electrons. The number of imide groups is 2. The van der Waals surface area contributed by atoms with Crippen molar-refractivity contribution in [1.82, 2.24) is 25.5 Å². The lowest BCUT2D eigenvalue weighted by Gasteiger charge is -2.27.